The quantitative estimate of drug-likeness (QED) is 0.380. The third kappa shape index (κ3) is 2.62. The summed E-state index contributed by atoms with van der Waals surface area (Å²) in [5.74, 6) is 0. The van der Waals surface area contributed by atoms with Crippen molar-refractivity contribution in [1.82, 2.24) is 0 Å². The topological polar surface area (TPSA) is 0 Å². The van der Waals surface area contributed by atoms with Crippen LogP contribution in [0.2, 0.25) is 5.02 Å². The zero-order valence-electron chi connectivity index (χ0n) is 12.5. The van der Waals surface area contributed by atoms with E-state index in [0.29, 0.717) is 0 Å². The van der Waals surface area contributed by atoms with Crippen LogP contribution in [0.3, 0.4) is 0 Å². The van der Waals surface area contributed by atoms with Crippen molar-refractivity contribution in [3.8, 4) is 22.3 Å². The van der Waals surface area contributed by atoms with Gasteiger partial charge in [0, 0.05) is 5.02 Å². The molecule has 4 aromatic rings. The van der Waals surface area contributed by atoms with E-state index in [-0.39, 0.29) is 0 Å². The Kier molecular flexibility index (Phi) is 3.61. The van der Waals surface area contributed by atoms with Crippen molar-refractivity contribution in [2.75, 3.05) is 0 Å². The minimum Gasteiger partial charge on any atom is -0.0843 e. The Morgan fingerprint density at radius 3 is 2.00 bits per heavy atom. The number of halogens is 1. The normalized spacial score (nSPS) is 10.8. The van der Waals surface area contributed by atoms with Gasteiger partial charge in [-0.3, -0.25) is 0 Å². The van der Waals surface area contributed by atoms with E-state index in [1.807, 2.05) is 12.1 Å². The van der Waals surface area contributed by atoms with Crippen molar-refractivity contribution in [3.63, 3.8) is 0 Å². The van der Waals surface area contributed by atoms with Crippen LogP contribution in [0, 0.1) is 0 Å². The number of rotatable bonds is 2. The van der Waals surface area contributed by atoms with Crippen LogP contribution < -0.4 is 0 Å². The Hall–Kier alpha value is -2.57. The van der Waals surface area contributed by atoms with Gasteiger partial charge in [0.25, 0.3) is 0 Å². The van der Waals surface area contributed by atoms with Gasteiger partial charge in [0.2, 0.25) is 0 Å². The number of fused-ring (bicyclic) bond motifs is 1. The van der Waals surface area contributed by atoms with Crippen molar-refractivity contribution >= 4 is 22.4 Å². The van der Waals surface area contributed by atoms with Gasteiger partial charge in [-0.25, -0.2) is 0 Å². The third-order valence-electron chi connectivity index (χ3n) is 4.15. The SMILES string of the molecule is Clc1ccc(-c2ccc3ccccc3c2-c2ccccc2)cc1. The van der Waals surface area contributed by atoms with Crippen LogP contribution in [0.15, 0.2) is 91.0 Å². The maximum atomic E-state index is 6.05. The first-order valence-electron chi connectivity index (χ1n) is 7.66. The molecule has 110 valence electrons. The second kappa shape index (κ2) is 5.91. The van der Waals surface area contributed by atoms with Crippen molar-refractivity contribution in [2.24, 2.45) is 0 Å². The summed E-state index contributed by atoms with van der Waals surface area (Å²) >= 11 is 6.05. The molecule has 0 bridgehead atoms. The average molecular weight is 315 g/mol. The van der Waals surface area contributed by atoms with Crippen molar-refractivity contribution in [1.29, 1.82) is 0 Å². The molecule has 0 nitrogen and oxygen atoms in total. The molecule has 4 aromatic carbocycles. The van der Waals surface area contributed by atoms with Gasteiger partial charge in [-0.15, -0.1) is 0 Å². The molecule has 0 unspecified atom stereocenters. The maximum Gasteiger partial charge on any atom is 0.0406 e. The first-order chi connectivity index (χ1) is 11.3. The smallest absolute Gasteiger partial charge is 0.0406 e. The van der Waals surface area contributed by atoms with Gasteiger partial charge in [-0.1, -0.05) is 90.5 Å². The van der Waals surface area contributed by atoms with Gasteiger partial charge >= 0.3 is 0 Å². The molecule has 0 atom stereocenters. The third-order valence-corrected chi connectivity index (χ3v) is 4.40. The summed E-state index contributed by atoms with van der Waals surface area (Å²) in [4.78, 5) is 0. The predicted octanol–water partition coefficient (Wildman–Crippen LogP) is 6.83. The fourth-order valence-corrected chi connectivity index (χ4v) is 3.18. The number of benzene rings is 4. The largest absolute Gasteiger partial charge is 0.0843 e. The second-order valence-corrected chi connectivity index (χ2v) is 6.02. The van der Waals surface area contributed by atoms with E-state index in [4.69, 9.17) is 11.6 Å². The van der Waals surface area contributed by atoms with Gasteiger partial charge in [0.05, 0.1) is 0 Å². The molecule has 0 heterocycles. The van der Waals surface area contributed by atoms with Crippen LogP contribution in [-0.4, -0.2) is 0 Å². The molecule has 0 aromatic heterocycles. The summed E-state index contributed by atoms with van der Waals surface area (Å²) in [6, 6.07) is 31.5. The lowest BCUT2D eigenvalue weighted by atomic mass is 9.90. The Balaban J connectivity index is 2.06. The van der Waals surface area contributed by atoms with E-state index < -0.39 is 0 Å². The van der Waals surface area contributed by atoms with Gasteiger partial charge in [0.15, 0.2) is 0 Å². The zero-order chi connectivity index (χ0) is 15.6. The predicted molar refractivity (Wildman–Crippen MR) is 99.8 cm³/mol. The Labute approximate surface area is 141 Å². The molecule has 0 radical (unpaired) electrons. The van der Waals surface area contributed by atoms with E-state index >= 15 is 0 Å². The minimum atomic E-state index is 0.760. The molecule has 1 heteroatoms. The molecule has 23 heavy (non-hydrogen) atoms. The molecule has 0 aliphatic carbocycles. The van der Waals surface area contributed by atoms with Crippen LogP contribution in [0.25, 0.3) is 33.0 Å². The zero-order valence-corrected chi connectivity index (χ0v) is 13.3. The highest BCUT2D eigenvalue weighted by Crippen LogP contribution is 2.38. The van der Waals surface area contributed by atoms with Crippen LogP contribution in [-0.2, 0) is 0 Å². The van der Waals surface area contributed by atoms with E-state index in [2.05, 4.69) is 78.9 Å². The number of hydrogen-bond acceptors (Lipinski definition) is 0. The van der Waals surface area contributed by atoms with Gasteiger partial charge in [-0.2, -0.15) is 0 Å². The molecule has 0 saturated carbocycles. The number of hydrogen-bond donors (Lipinski definition) is 0. The summed E-state index contributed by atoms with van der Waals surface area (Å²) in [6.45, 7) is 0. The van der Waals surface area contributed by atoms with Gasteiger partial charge in [-0.05, 0) is 45.2 Å². The van der Waals surface area contributed by atoms with Crippen molar-refractivity contribution in [2.45, 2.75) is 0 Å². The maximum absolute atomic E-state index is 6.05. The lowest BCUT2D eigenvalue weighted by Gasteiger charge is -2.14. The first kappa shape index (κ1) is 14.0. The Morgan fingerprint density at radius 1 is 0.522 bits per heavy atom. The molecular formula is C22H15Cl. The summed E-state index contributed by atoms with van der Waals surface area (Å²) in [5.41, 5.74) is 4.91. The monoisotopic (exact) mass is 314 g/mol. The molecule has 0 amide bonds. The van der Waals surface area contributed by atoms with Crippen LogP contribution in [0.4, 0.5) is 0 Å². The lowest BCUT2D eigenvalue weighted by Crippen LogP contribution is -1.87. The molecule has 0 aliphatic heterocycles. The first-order valence-corrected chi connectivity index (χ1v) is 8.04. The van der Waals surface area contributed by atoms with E-state index in [1.165, 1.54) is 33.0 Å². The van der Waals surface area contributed by atoms with E-state index in [0.717, 1.165) is 5.02 Å². The van der Waals surface area contributed by atoms with Gasteiger partial charge < -0.3 is 0 Å². The highest BCUT2D eigenvalue weighted by Gasteiger charge is 2.11. The lowest BCUT2D eigenvalue weighted by molar-refractivity contribution is 1.61. The van der Waals surface area contributed by atoms with Crippen LogP contribution in [0.5, 0.6) is 0 Å². The second-order valence-electron chi connectivity index (χ2n) is 5.58. The fourth-order valence-electron chi connectivity index (χ4n) is 3.06. The minimum absolute atomic E-state index is 0.760. The Morgan fingerprint density at radius 2 is 1.22 bits per heavy atom. The fraction of sp³-hybridized carbons (Fsp3) is 0. The molecule has 0 spiro atoms. The standard InChI is InChI=1S/C22H15Cl/c23-19-13-10-17(11-14-19)21-15-12-16-6-4-5-9-20(16)22(21)18-7-2-1-3-8-18/h1-15H. The molecule has 0 N–H and O–H groups in total. The molecule has 0 fully saturated rings. The van der Waals surface area contributed by atoms with Crippen LogP contribution >= 0.6 is 11.6 Å². The molecule has 0 aliphatic rings. The summed E-state index contributed by atoms with van der Waals surface area (Å²) in [6.07, 6.45) is 0. The average Bonchev–Trinajstić information content (AvgIpc) is 2.62. The molecular weight excluding hydrogens is 300 g/mol. The van der Waals surface area contributed by atoms with Crippen LogP contribution in [0.1, 0.15) is 0 Å². The van der Waals surface area contributed by atoms with E-state index in [9.17, 15) is 0 Å². The summed E-state index contributed by atoms with van der Waals surface area (Å²) < 4.78 is 0. The molecule has 0 saturated heterocycles. The van der Waals surface area contributed by atoms with E-state index in [1.54, 1.807) is 0 Å². The Bertz CT molecular complexity index is 954. The van der Waals surface area contributed by atoms with Crippen molar-refractivity contribution in [3.05, 3.63) is 96.0 Å². The summed E-state index contributed by atoms with van der Waals surface area (Å²) in [5, 5.41) is 3.28. The van der Waals surface area contributed by atoms with Gasteiger partial charge in [0.1, 0.15) is 0 Å². The summed E-state index contributed by atoms with van der Waals surface area (Å²) in [7, 11) is 0. The highest BCUT2D eigenvalue weighted by atomic mass is 35.5. The highest BCUT2D eigenvalue weighted by molar-refractivity contribution is 6.30. The molecule has 4 rings (SSSR count). The van der Waals surface area contributed by atoms with Crippen molar-refractivity contribution < 1.29 is 0 Å².